The molecule has 6 aliphatic heterocycles. The average Bonchev–Trinajstić information content (AvgIpc) is 0.756. The Hall–Kier alpha value is -0.800. The third-order valence-corrected chi connectivity index (χ3v) is 21.0. The fraction of sp³-hybridized carbons (Fsp3) is 1.00. The van der Waals surface area contributed by atoms with Crippen molar-refractivity contribution in [2.24, 2.45) is 5.92 Å². The first-order valence-electron chi connectivity index (χ1n) is 30.8. The molecule has 31 atom stereocenters. The summed E-state index contributed by atoms with van der Waals surface area (Å²) in [5, 5.41) is 54.8. The molecule has 6 saturated heterocycles. The zero-order valence-corrected chi connectivity index (χ0v) is 65.4. The lowest BCUT2D eigenvalue weighted by molar-refractivity contribution is -0.778. The first-order valence-corrected chi connectivity index (χ1v) is 39.3. The lowest BCUT2D eigenvalue weighted by Crippen LogP contribution is -2.69. The third-order valence-electron chi connectivity index (χ3n) is 16.8. The number of hydrogen-bond donors (Lipinski definition) is 0. The van der Waals surface area contributed by atoms with Crippen molar-refractivity contribution in [3.8, 4) is 0 Å². The molecule has 6 aliphatic rings. The van der Waals surface area contributed by atoms with Crippen LogP contribution >= 0.6 is 37.0 Å². The number of ether oxygens (including phenoxy) is 22. The van der Waals surface area contributed by atoms with E-state index in [4.69, 9.17) is 121 Å². The van der Waals surface area contributed by atoms with E-state index < -0.39 is 299 Å². The smallest absolute Gasteiger partial charge is 0.218 e. The van der Waals surface area contributed by atoms with Crippen molar-refractivity contribution in [3.63, 3.8) is 0 Å². The topological polar surface area (TPSA) is 680 Å². The van der Waals surface area contributed by atoms with Crippen LogP contribution in [0, 0.1) is 5.92 Å². The molecule has 0 N–H and O–H groups in total. The van der Waals surface area contributed by atoms with Crippen molar-refractivity contribution >= 4 is 89.6 Å². The summed E-state index contributed by atoms with van der Waals surface area (Å²) in [6, 6.07) is 0. The number of rotatable bonds is 50. The van der Waals surface area contributed by atoms with Gasteiger partial charge in [-0.1, -0.05) is 6.92 Å². The Balaban J connectivity index is 1.40. The van der Waals surface area contributed by atoms with Crippen LogP contribution in [0.5, 0.6) is 0 Å². The molecule has 13 unspecified atom stereocenters. The molecule has 0 aromatic heterocycles. The summed E-state index contributed by atoms with van der Waals surface area (Å²) in [6.45, 7) is -3.68. The molecule has 0 spiro atoms. The minimum absolute atomic E-state index is 0.0175. The van der Waals surface area contributed by atoms with Crippen molar-refractivity contribution in [1.82, 2.24) is 0 Å². The van der Waals surface area contributed by atoms with E-state index in [1.807, 2.05) is 0 Å². The monoisotopic (exact) mass is 1770 g/mol. The predicted molar refractivity (Wildman–Crippen MR) is 323 cm³/mol. The van der Waals surface area contributed by atoms with Crippen LogP contribution in [-0.4, -0.2) is 351 Å². The Morgan fingerprint density at radius 3 is 0.973 bits per heavy atom. The average molecular weight is 1780 g/mol. The van der Waals surface area contributed by atoms with E-state index in [1.54, 1.807) is 6.92 Å². The van der Waals surface area contributed by atoms with Gasteiger partial charge < -0.3 is 143 Å². The Kier molecular flexibility index (Phi) is 42.1. The van der Waals surface area contributed by atoms with Crippen LogP contribution in [0.1, 0.15) is 6.92 Å². The Morgan fingerprint density at radius 2 is 0.618 bits per heavy atom. The second-order valence-corrected chi connectivity index (χ2v) is 29.6. The minimum Gasteiger partial charge on any atom is -0.726 e. The first kappa shape index (κ1) is 98.0. The fourth-order valence-electron chi connectivity index (χ4n) is 12.5. The molecule has 0 aliphatic carbocycles. The van der Waals surface area contributed by atoms with Crippen LogP contribution in [0.4, 0.5) is 0 Å². The van der Waals surface area contributed by atoms with Crippen LogP contribution in [-0.2, 0) is 224 Å². The van der Waals surface area contributed by atoms with Crippen LogP contribution in [0.3, 0.4) is 0 Å². The van der Waals surface area contributed by atoms with Gasteiger partial charge in [-0.2, -0.15) is 0 Å². The maximum Gasteiger partial charge on any atom is 0.218 e. The maximum absolute atomic E-state index is 13.5. The number of methoxy groups -OCH3 is 11. The van der Waals surface area contributed by atoms with Gasteiger partial charge in [0.2, 0.25) is 41.6 Å². The zero-order valence-electron chi connectivity index (χ0n) is 58.9. The summed E-state index contributed by atoms with van der Waals surface area (Å²) in [7, 11) is -9.76. The van der Waals surface area contributed by atoms with E-state index >= 15 is 0 Å². The highest BCUT2D eigenvalue weighted by Gasteiger charge is 2.62. The van der Waals surface area contributed by atoms with E-state index in [9.17, 15) is 77.1 Å². The molecular formula is C48H78O54S8-8. The first-order chi connectivity index (χ1) is 52.2. The predicted octanol–water partition coefficient (Wildman–Crippen LogP) is -9.36. The zero-order chi connectivity index (χ0) is 81.4. The van der Waals surface area contributed by atoms with Crippen molar-refractivity contribution < 1.29 is 248 Å². The highest BCUT2D eigenvalue weighted by atomic mass is 32.3. The molecule has 0 amide bonds. The van der Waals surface area contributed by atoms with Crippen molar-refractivity contribution in [2.45, 2.75) is 184 Å². The standard InChI is InChI=1S/C48H86O54S8/c1-19-26(69-5)27(20(13-66-2)80-43(19)86-28-21(14-67-3)81-44(76-12)37(73-9)32(28)70-6)87-45-38(74-10)33(71-7)29(22(82-45)15-68-4)88-46-39(75-11)34(72-8)30(23(83-46)16-77-107(54,55)56)89-48-41(94-110(63,64)65)35(91-103-99-95-49)31(24(84-48)17-78-108(57,58)59)90-47-40(93-105-101-97-51)36(92-104-100-96-50)42(106(53)102-98-52)25(85-47)18-79-109(60,61)62/h19-52H,13-18H2,1-12H3,(H,54,55,56)(H,57,58,59)(H,60,61,62)(H,63,64,65)/p-8/t19?,20-,21-,22?,23?,24-,25-,26?,27-,28-,29+,30+,31-,32?,33?,34?,35?,36?,37?,38-,39-,40?,41?,42-,43-,44+,45+,46+,47-,48-,106?/m1/s1. The summed E-state index contributed by atoms with van der Waals surface area (Å²) in [5.41, 5.74) is 0. The lowest BCUT2D eigenvalue weighted by Gasteiger charge is -2.52. The molecule has 0 radical (unpaired) electrons. The van der Waals surface area contributed by atoms with Gasteiger partial charge in [0.1, 0.15) is 121 Å². The molecule has 6 heterocycles. The summed E-state index contributed by atoms with van der Waals surface area (Å²) in [5.74, 6) is -0.703. The molecule has 62 heteroatoms. The van der Waals surface area contributed by atoms with Gasteiger partial charge in [-0.3, -0.25) is 49.4 Å². The summed E-state index contributed by atoms with van der Waals surface area (Å²) in [6.07, 6.45) is -49.7. The van der Waals surface area contributed by atoms with Crippen molar-refractivity contribution in [2.75, 3.05) is 118 Å². The minimum atomic E-state index is -6.33. The molecule has 6 fully saturated rings. The van der Waals surface area contributed by atoms with Crippen molar-refractivity contribution in [3.05, 3.63) is 0 Å². The molecule has 0 aromatic rings. The SMILES string of the molecule is COCC1O[C@@H](O[C@H]2C(OC)C(C)[C@@H](O[C@H]3C(OC)C(OC)[C@@H](OC)O[C@@H]3COC)O[C@@H]2COC)[C@H](OC)C(OC)[C@H]1O[C@@H]1OC(COS(=O)(=O)[O-])[C@H](O[C@H]2O[C@H](COS(=O)(=O)[O-])[C@@H](O[C@H]3O[C@H](COS(=O)(=O)[O-])[C@@H](S(=O)OO[O-])C(OSOO[O-])C3OSOO[O-])C(OSOO[O-])C2OS(=O)(=O)[O-])C(OC)[C@H]1OC. The van der Waals surface area contributed by atoms with E-state index in [0.29, 0.717) is 0 Å². The Morgan fingerprint density at radius 1 is 0.318 bits per heavy atom. The second kappa shape index (κ2) is 47.3. The van der Waals surface area contributed by atoms with E-state index in [0.717, 1.165) is 14.2 Å². The van der Waals surface area contributed by atoms with E-state index in [1.165, 1.54) is 64.0 Å². The normalized spacial score (nSPS) is 38.1. The van der Waals surface area contributed by atoms with Crippen molar-refractivity contribution in [1.29, 1.82) is 0 Å². The number of hydrogen-bond acceptors (Lipinski definition) is 57. The van der Waals surface area contributed by atoms with Gasteiger partial charge in [0.25, 0.3) is 0 Å². The van der Waals surface area contributed by atoms with Gasteiger partial charge in [0.15, 0.2) is 98.0 Å². The fourth-order valence-corrected chi connectivity index (χ4v) is 16.0. The maximum atomic E-state index is 13.5. The largest absolute Gasteiger partial charge is 0.726 e. The van der Waals surface area contributed by atoms with Gasteiger partial charge >= 0.3 is 0 Å². The van der Waals surface area contributed by atoms with Crippen LogP contribution in [0.15, 0.2) is 0 Å². The molecule has 650 valence electrons. The van der Waals surface area contributed by atoms with E-state index in [2.05, 4.69) is 50.0 Å². The van der Waals surface area contributed by atoms with E-state index in [-0.39, 0.29) is 13.2 Å². The lowest BCUT2D eigenvalue weighted by atomic mass is 9.91. The Bertz CT molecular complexity index is 3130. The quantitative estimate of drug-likeness (QED) is 0.0136. The summed E-state index contributed by atoms with van der Waals surface area (Å²) >= 11 is -5.07. The highest BCUT2D eigenvalue weighted by Crippen LogP contribution is 2.44. The van der Waals surface area contributed by atoms with Gasteiger partial charge in [-0.15, -0.1) is 17.3 Å². The molecule has 0 aromatic carbocycles. The van der Waals surface area contributed by atoms with Gasteiger partial charge in [-0.05, 0) is 0 Å². The molecule has 54 nitrogen and oxygen atoms in total. The Labute approximate surface area is 642 Å². The van der Waals surface area contributed by atoms with Gasteiger partial charge in [0.05, 0.1) is 45.7 Å². The van der Waals surface area contributed by atoms with Crippen LogP contribution in [0.2, 0.25) is 0 Å². The molecule has 0 saturated carbocycles. The summed E-state index contributed by atoms with van der Waals surface area (Å²) in [4.78, 5) is 0. The summed E-state index contributed by atoms with van der Waals surface area (Å²) < 4.78 is 346. The van der Waals surface area contributed by atoms with Crippen LogP contribution in [0.25, 0.3) is 0 Å². The molecule has 0 bridgehead atoms. The van der Waals surface area contributed by atoms with Gasteiger partial charge in [0, 0.05) is 84.1 Å². The highest BCUT2D eigenvalue weighted by molar-refractivity contribution is 7.90. The van der Waals surface area contributed by atoms with Crippen LogP contribution < -0.4 is 21.0 Å². The molecular weight excluding hydrogens is 1700 g/mol. The third kappa shape index (κ3) is 27.6. The molecule has 6 rings (SSSR count). The van der Waals surface area contributed by atoms with Gasteiger partial charge in [-0.25, -0.2) is 37.9 Å². The molecule has 110 heavy (non-hydrogen) atoms. The second-order valence-electron chi connectivity index (χ2n) is 22.8.